The van der Waals surface area contributed by atoms with Crippen LogP contribution < -0.4 is 10.6 Å². The fourth-order valence-corrected chi connectivity index (χ4v) is 7.19. The fraction of sp³-hybridized carbons (Fsp3) is 0.393. The Balaban J connectivity index is 1.14. The molecule has 2 fully saturated rings. The molecule has 3 N–H and O–H groups in total. The molecule has 3 amide bonds. The van der Waals surface area contributed by atoms with Crippen molar-refractivity contribution in [2.75, 3.05) is 0 Å². The number of pyridine rings is 1. The molecule has 5 heterocycles. The quantitative estimate of drug-likeness (QED) is 0.263. The molecule has 2 saturated heterocycles. The minimum atomic E-state index is -3.92. The topological polar surface area (TPSA) is 147 Å². The number of benzene rings is 1. The molecule has 0 saturated carbocycles. The highest BCUT2D eigenvalue weighted by Crippen LogP contribution is 2.48. The van der Waals surface area contributed by atoms with Crippen molar-refractivity contribution in [3.63, 3.8) is 0 Å². The van der Waals surface area contributed by atoms with Crippen LogP contribution in [-0.2, 0) is 33.4 Å². The summed E-state index contributed by atoms with van der Waals surface area (Å²) >= 11 is 1.07. The molecule has 0 radical (unpaired) electrons. The summed E-state index contributed by atoms with van der Waals surface area (Å²) in [5.74, 6) is -1.12. The average Bonchev–Trinajstić information content (AvgIpc) is 3.69. The molecule has 3 aromatic heterocycles. The summed E-state index contributed by atoms with van der Waals surface area (Å²) in [6, 6.07) is 5.25. The van der Waals surface area contributed by atoms with Crippen LogP contribution in [-0.4, -0.2) is 60.2 Å². The second kappa shape index (κ2) is 11.3. The molecule has 1 aromatic carbocycles. The third-order valence-corrected chi connectivity index (χ3v) is 9.98. The first-order valence-corrected chi connectivity index (χ1v) is 15.8. The van der Waals surface area contributed by atoms with Gasteiger partial charge in [0.15, 0.2) is 5.65 Å². The fourth-order valence-electron chi connectivity index (χ4n) is 5.89. The summed E-state index contributed by atoms with van der Waals surface area (Å²) in [4.78, 5) is 59.5. The summed E-state index contributed by atoms with van der Waals surface area (Å²) in [5, 5.41) is 6.05. The van der Waals surface area contributed by atoms with Gasteiger partial charge in [-0.25, -0.2) is 9.97 Å². The lowest BCUT2D eigenvalue weighted by atomic mass is 10.1. The van der Waals surface area contributed by atoms with E-state index in [-0.39, 0.29) is 29.3 Å². The number of thiophene rings is 1. The van der Waals surface area contributed by atoms with Crippen molar-refractivity contribution in [2.45, 2.75) is 62.4 Å². The maximum absolute atomic E-state index is 14.1. The number of carbonyl (C=O) groups excluding carboxylic acids is 3. The molecule has 0 spiro atoms. The van der Waals surface area contributed by atoms with E-state index in [1.165, 1.54) is 12.1 Å². The summed E-state index contributed by atoms with van der Waals surface area (Å²) in [6.45, 7) is 0.241. The maximum Gasteiger partial charge on any atom is 0.589 e. The molecule has 2 aliphatic heterocycles. The summed E-state index contributed by atoms with van der Waals surface area (Å²) in [5.41, 5.74) is -2.28. The van der Waals surface area contributed by atoms with Gasteiger partial charge in [0.2, 0.25) is 11.8 Å². The van der Waals surface area contributed by atoms with Crippen LogP contribution in [0.3, 0.4) is 0 Å². The molecule has 4 aromatic rings. The SMILES string of the molecule is Cn1cnc2ncc(CNC(=O)[C@@H]3CC[C@@H]4CCC[C@H](NC(=O)c5cc6cc(C(F)(F)[P+](=O)O)ccc6s5)C(=O)N43)cc21. The molecule has 15 heteroatoms. The van der Waals surface area contributed by atoms with Crippen LogP contribution in [0.15, 0.2) is 42.9 Å². The summed E-state index contributed by atoms with van der Waals surface area (Å²) in [7, 11) is -1.91. The van der Waals surface area contributed by atoms with Crippen molar-refractivity contribution in [1.82, 2.24) is 30.1 Å². The van der Waals surface area contributed by atoms with Crippen molar-refractivity contribution in [2.24, 2.45) is 7.05 Å². The van der Waals surface area contributed by atoms with E-state index >= 15 is 0 Å². The largest absolute Gasteiger partial charge is 0.589 e. The zero-order valence-corrected chi connectivity index (χ0v) is 24.7. The minimum Gasteiger partial charge on any atom is -0.350 e. The van der Waals surface area contributed by atoms with E-state index in [0.717, 1.165) is 41.0 Å². The average molecular weight is 630 g/mol. The smallest absolute Gasteiger partial charge is 0.350 e. The van der Waals surface area contributed by atoms with Crippen LogP contribution in [0.2, 0.25) is 0 Å². The second-order valence-corrected chi connectivity index (χ2v) is 13.1. The van der Waals surface area contributed by atoms with Gasteiger partial charge in [0.25, 0.3) is 5.91 Å². The Kier molecular flexibility index (Phi) is 7.69. The van der Waals surface area contributed by atoms with Crippen LogP contribution in [0.25, 0.3) is 21.3 Å². The van der Waals surface area contributed by atoms with Crippen LogP contribution in [0.4, 0.5) is 8.78 Å². The van der Waals surface area contributed by atoms with Gasteiger partial charge in [-0.15, -0.1) is 20.1 Å². The first kappa shape index (κ1) is 29.2. The lowest BCUT2D eigenvalue weighted by Crippen LogP contribution is -2.54. The van der Waals surface area contributed by atoms with Gasteiger partial charge >= 0.3 is 13.7 Å². The van der Waals surface area contributed by atoms with Gasteiger partial charge in [-0.3, -0.25) is 14.4 Å². The number of nitrogens with one attached hydrogen (secondary N) is 2. The number of aryl methyl sites for hydroxylation is 1. The monoisotopic (exact) mass is 629 g/mol. The molecule has 11 nitrogen and oxygen atoms in total. The number of carbonyl (C=O) groups is 3. The zero-order valence-electron chi connectivity index (χ0n) is 23.0. The predicted octanol–water partition coefficient (Wildman–Crippen LogP) is 3.93. The van der Waals surface area contributed by atoms with Crippen molar-refractivity contribution in [3.05, 3.63) is 58.9 Å². The second-order valence-electron chi connectivity index (χ2n) is 10.9. The van der Waals surface area contributed by atoms with E-state index in [0.29, 0.717) is 41.4 Å². The first-order valence-electron chi connectivity index (χ1n) is 13.8. The molecular formula is C28H28F2N6O5PS+. The van der Waals surface area contributed by atoms with E-state index in [9.17, 15) is 27.7 Å². The van der Waals surface area contributed by atoms with Crippen molar-refractivity contribution in [3.8, 4) is 0 Å². The minimum absolute atomic E-state index is 0.0972. The van der Waals surface area contributed by atoms with Crippen molar-refractivity contribution >= 4 is 58.3 Å². The third kappa shape index (κ3) is 5.50. The Morgan fingerprint density at radius 3 is 2.77 bits per heavy atom. The highest BCUT2D eigenvalue weighted by Gasteiger charge is 2.53. The Bertz CT molecular complexity index is 1780. The number of imidazole rings is 1. The highest BCUT2D eigenvalue weighted by atomic mass is 32.1. The van der Waals surface area contributed by atoms with Crippen molar-refractivity contribution < 1.29 is 32.6 Å². The lowest BCUT2D eigenvalue weighted by molar-refractivity contribution is -0.141. The van der Waals surface area contributed by atoms with Gasteiger partial charge in [-0.2, -0.15) is 4.89 Å². The number of fused-ring (bicyclic) bond motifs is 3. The highest BCUT2D eigenvalue weighted by molar-refractivity contribution is 7.39. The number of hydrogen-bond donors (Lipinski definition) is 3. The molecule has 6 rings (SSSR count). The third-order valence-electron chi connectivity index (χ3n) is 8.12. The van der Waals surface area contributed by atoms with Crippen molar-refractivity contribution in [1.29, 1.82) is 0 Å². The molecule has 0 bridgehead atoms. The van der Waals surface area contributed by atoms with Crippen LogP contribution in [0.1, 0.15) is 52.9 Å². The van der Waals surface area contributed by atoms with Crippen LogP contribution in [0, 0.1) is 0 Å². The van der Waals surface area contributed by atoms with E-state index < -0.39 is 37.2 Å². The van der Waals surface area contributed by atoms with E-state index in [2.05, 4.69) is 20.6 Å². The number of alkyl halides is 2. The van der Waals surface area contributed by atoms with Crippen LogP contribution in [0.5, 0.6) is 0 Å². The number of rotatable bonds is 7. The standard InChI is InChI=1S/C28H27F2N6O5PS/c1-35-14-33-24-21(35)9-15(12-31-24)13-32-25(37)20-7-6-18-3-2-4-19(27(39)36(18)20)34-26(38)23-11-16-10-17(5-8-22(16)43-23)28(29,30)42(40)41/h5,8-12,14,18-20H,2-4,6-7,13H2,1H3,(H2-,32,34,37,38,40,41)/p+1/t18-,19-,20-/m0/s1. The number of amides is 3. The normalized spacial score (nSPS) is 21.1. The van der Waals surface area contributed by atoms with Gasteiger partial charge in [-0.05, 0) is 78.0 Å². The van der Waals surface area contributed by atoms with E-state index in [4.69, 9.17) is 4.89 Å². The number of nitrogens with zero attached hydrogens (tertiary/aromatic N) is 4. The zero-order chi connectivity index (χ0) is 30.5. The first-order chi connectivity index (χ1) is 20.5. The number of aromatic nitrogens is 3. The molecule has 2 aliphatic rings. The van der Waals surface area contributed by atoms with E-state index in [1.807, 2.05) is 17.7 Å². The van der Waals surface area contributed by atoms with Crippen LogP contribution >= 0.6 is 19.4 Å². The Morgan fingerprint density at radius 1 is 1.16 bits per heavy atom. The van der Waals surface area contributed by atoms with Gasteiger partial charge in [0.05, 0.1) is 22.3 Å². The van der Waals surface area contributed by atoms with Gasteiger partial charge < -0.3 is 20.1 Å². The van der Waals surface area contributed by atoms with Gasteiger partial charge in [-0.1, -0.05) is 0 Å². The van der Waals surface area contributed by atoms with E-state index in [1.54, 1.807) is 17.4 Å². The molecule has 1 unspecified atom stereocenters. The maximum atomic E-state index is 14.1. The Labute approximate surface area is 249 Å². The molecular weight excluding hydrogens is 601 g/mol. The molecule has 4 atom stereocenters. The van der Waals surface area contributed by atoms with Gasteiger partial charge in [0.1, 0.15) is 12.1 Å². The Morgan fingerprint density at radius 2 is 1.98 bits per heavy atom. The molecule has 0 aliphatic carbocycles. The number of halogens is 2. The summed E-state index contributed by atoms with van der Waals surface area (Å²) < 4.78 is 41.6. The molecule has 224 valence electrons. The number of hydrogen-bond acceptors (Lipinski definition) is 7. The Hall–Kier alpha value is -3.87. The predicted molar refractivity (Wildman–Crippen MR) is 155 cm³/mol. The summed E-state index contributed by atoms with van der Waals surface area (Å²) in [6.07, 6.45) is 6.35. The lowest BCUT2D eigenvalue weighted by Gasteiger charge is -2.30. The molecule has 43 heavy (non-hydrogen) atoms. The van der Waals surface area contributed by atoms with Gasteiger partial charge in [0, 0.05) is 30.5 Å².